The molecule has 1 amide bonds. The van der Waals surface area contributed by atoms with Crippen LogP contribution in [0.25, 0.3) is 0 Å². The molecule has 2 aliphatic heterocycles. The minimum absolute atomic E-state index is 0.0923. The van der Waals surface area contributed by atoms with Crippen LogP contribution in [0.2, 0.25) is 0 Å². The number of amidine groups is 1. The Hall–Kier alpha value is -3.65. The molecule has 0 aromatic heterocycles. The van der Waals surface area contributed by atoms with E-state index in [4.69, 9.17) is 4.74 Å². The topological polar surface area (TPSA) is 71.0 Å². The molecule has 2 aromatic carbocycles. The van der Waals surface area contributed by atoms with Gasteiger partial charge in [-0.15, -0.1) is 0 Å². The van der Waals surface area contributed by atoms with Crippen LogP contribution in [0.5, 0.6) is 0 Å². The highest BCUT2D eigenvalue weighted by Gasteiger charge is 2.41. The van der Waals surface area contributed by atoms with Crippen molar-refractivity contribution in [3.05, 3.63) is 106 Å². The van der Waals surface area contributed by atoms with Crippen LogP contribution in [0.3, 0.4) is 0 Å². The van der Waals surface area contributed by atoms with Crippen molar-refractivity contribution in [2.45, 2.75) is 39.8 Å². The van der Waals surface area contributed by atoms with E-state index in [0.717, 1.165) is 28.0 Å². The molecule has 2 aliphatic rings. The number of amides is 1. The highest BCUT2D eigenvalue weighted by molar-refractivity contribution is 8.16. The third-order valence-corrected chi connectivity index (χ3v) is 6.91. The largest absolute Gasteiger partial charge is 0.458 e. The first-order valence-electron chi connectivity index (χ1n) is 11.6. The quantitative estimate of drug-likeness (QED) is 0.381. The van der Waals surface area contributed by atoms with Gasteiger partial charge in [0.25, 0.3) is 0 Å². The van der Waals surface area contributed by atoms with Crippen LogP contribution < -0.4 is 5.32 Å². The number of thioether (sulfide) groups is 1. The molecule has 2 aromatic rings. The third-order valence-electron chi connectivity index (χ3n) is 6.02. The maximum absolute atomic E-state index is 13.2. The number of esters is 1. The maximum Gasteiger partial charge on any atom is 0.338 e. The smallest absolute Gasteiger partial charge is 0.338 e. The number of rotatable bonds is 8. The molecule has 0 radical (unpaired) electrons. The van der Waals surface area contributed by atoms with Crippen LogP contribution in [0, 0.1) is 19.7 Å². The zero-order chi connectivity index (χ0) is 25.8. The molecule has 0 bridgehead atoms. The predicted octanol–water partition coefficient (Wildman–Crippen LogP) is 5.45. The second kappa shape index (κ2) is 11.0. The molecule has 0 spiro atoms. The number of aliphatic imine (C=N–C) groups is 1. The molecular weight excluding hydrogens is 477 g/mol. The van der Waals surface area contributed by atoms with E-state index in [1.165, 1.54) is 30.0 Å². The monoisotopic (exact) mass is 505 g/mol. The van der Waals surface area contributed by atoms with E-state index in [1.54, 1.807) is 19.1 Å². The summed E-state index contributed by atoms with van der Waals surface area (Å²) in [4.78, 5) is 32.7. The number of fused-ring (bicyclic) bond motifs is 1. The van der Waals surface area contributed by atoms with Crippen LogP contribution in [0.4, 0.5) is 4.39 Å². The van der Waals surface area contributed by atoms with Gasteiger partial charge in [0.2, 0.25) is 5.91 Å². The average Bonchev–Trinajstić information content (AvgIpc) is 3.23. The Labute approximate surface area is 214 Å². The van der Waals surface area contributed by atoms with Gasteiger partial charge in [0.1, 0.15) is 12.4 Å². The molecule has 186 valence electrons. The third kappa shape index (κ3) is 5.44. The van der Waals surface area contributed by atoms with E-state index in [2.05, 4.69) is 23.0 Å². The van der Waals surface area contributed by atoms with Gasteiger partial charge in [-0.3, -0.25) is 4.79 Å². The van der Waals surface area contributed by atoms with Gasteiger partial charge in [0.05, 0.1) is 23.7 Å². The number of allylic oxidation sites excluding steroid dienone is 1. The second-order valence-corrected chi connectivity index (χ2v) is 9.56. The lowest BCUT2D eigenvalue weighted by molar-refractivity contribution is -0.138. The lowest BCUT2D eigenvalue weighted by atomic mass is 9.90. The van der Waals surface area contributed by atoms with E-state index in [-0.39, 0.29) is 24.8 Å². The Kier molecular flexibility index (Phi) is 7.74. The minimum atomic E-state index is -0.485. The van der Waals surface area contributed by atoms with Gasteiger partial charge in [0.15, 0.2) is 5.17 Å². The molecule has 1 N–H and O–H groups in total. The van der Waals surface area contributed by atoms with Crippen LogP contribution in [0.15, 0.2) is 82.5 Å². The summed E-state index contributed by atoms with van der Waals surface area (Å²) in [6.07, 6.45) is 1.63. The molecular formula is C28H28FN3O3S. The summed E-state index contributed by atoms with van der Waals surface area (Å²) in [5, 5.41) is 5.50. The predicted molar refractivity (Wildman–Crippen MR) is 140 cm³/mol. The molecule has 6 nitrogen and oxygen atoms in total. The number of hydrogen-bond acceptors (Lipinski definition) is 6. The minimum Gasteiger partial charge on any atom is -0.458 e. The Morgan fingerprint density at radius 3 is 2.64 bits per heavy atom. The first-order valence-corrected chi connectivity index (χ1v) is 12.5. The Balaban J connectivity index is 1.62. The lowest BCUT2D eigenvalue weighted by Gasteiger charge is -2.37. The molecule has 36 heavy (non-hydrogen) atoms. The van der Waals surface area contributed by atoms with Crippen LogP contribution in [-0.2, 0) is 20.9 Å². The van der Waals surface area contributed by atoms with Crippen molar-refractivity contribution in [3.8, 4) is 0 Å². The number of benzene rings is 2. The van der Waals surface area contributed by atoms with Crippen molar-refractivity contribution in [1.29, 1.82) is 0 Å². The van der Waals surface area contributed by atoms with E-state index in [1.807, 2.05) is 36.3 Å². The van der Waals surface area contributed by atoms with E-state index in [0.29, 0.717) is 23.0 Å². The average molecular weight is 506 g/mol. The normalized spacial score (nSPS) is 16.8. The van der Waals surface area contributed by atoms with Gasteiger partial charge in [-0.25, -0.2) is 14.2 Å². The lowest BCUT2D eigenvalue weighted by Crippen LogP contribution is -2.38. The molecule has 8 heteroatoms. The Morgan fingerprint density at radius 2 is 1.94 bits per heavy atom. The molecule has 0 unspecified atom stereocenters. The zero-order valence-electron chi connectivity index (χ0n) is 20.5. The van der Waals surface area contributed by atoms with Gasteiger partial charge >= 0.3 is 5.97 Å². The number of nitrogens with one attached hydrogen (secondary N) is 1. The van der Waals surface area contributed by atoms with E-state index in [9.17, 15) is 14.0 Å². The number of halogens is 1. The fraction of sp³-hybridized carbons (Fsp3) is 0.250. The molecule has 0 fully saturated rings. The van der Waals surface area contributed by atoms with Crippen molar-refractivity contribution < 1.29 is 18.7 Å². The number of carbonyl (C=O) groups excluding carboxylic acids is 2. The first-order chi connectivity index (χ1) is 17.3. The van der Waals surface area contributed by atoms with E-state index >= 15 is 0 Å². The molecule has 1 atom stereocenters. The number of ether oxygens (including phenoxy) is 1. The molecule has 0 aliphatic carbocycles. The van der Waals surface area contributed by atoms with Crippen molar-refractivity contribution in [2.24, 2.45) is 4.99 Å². The van der Waals surface area contributed by atoms with Crippen molar-refractivity contribution in [1.82, 2.24) is 10.2 Å². The molecule has 2 heterocycles. The second-order valence-electron chi connectivity index (χ2n) is 8.72. The molecule has 4 rings (SSSR count). The van der Waals surface area contributed by atoms with Gasteiger partial charge in [0, 0.05) is 12.2 Å². The number of aryl methyl sites for hydroxylation is 2. The highest BCUT2D eigenvalue weighted by atomic mass is 32.2. The first kappa shape index (κ1) is 25.4. The standard InChI is InChI=1S/C28H28FN3O3S/c1-5-12-35-27(34)25-19(4)31-28-32(26(25)23-11-6-17(2)13-18(23)3)22(16-36-28)14-24(33)30-15-20-7-9-21(29)10-8-20/h5-11,13,16,26H,1,12,14-15H2,2-4H3,(H,30,33)/t26-/m0/s1. The van der Waals surface area contributed by atoms with E-state index < -0.39 is 12.0 Å². The zero-order valence-corrected chi connectivity index (χ0v) is 21.3. The van der Waals surface area contributed by atoms with Crippen LogP contribution >= 0.6 is 11.8 Å². The summed E-state index contributed by atoms with van der Waals surface area (Å²) in [6, 6.07) is 11.6. The summed E-state index contributed by atoms with van der Waals surface area (Å²) in [7, 11) is 0. The highest BCUT2D eigenvalue weighted by Crippen LogP contribution is 2.45. The molecule has 0 saturated carbocycles. The van der Waals surface area contributed by atoms with Crippen molar-refractivity contribution in [3.63, 3.8) is 0 Å². The van der Waals surface area contributed by atoms with Crippen LogP contribution in [0.1, 0.15) is 41.6 Å². The Morgan fingerprint density at radius 1 is 1.19 bits per heavy atom. The fourth-order valence-corrected chi connectivity index (χ4v) is 5.26. The number of hydrogen-bond donors (Lipinski definition) is 1. The summed E-state index contributed by atoms with van der Waals surface area (Å²) >= 11 is 1.43. The number of carbonyl (C=O) groups is 2. The SMILES string of the molecule is C=CCOC(=O)C1=C(C)N=C2SC=C(CC(=O)NCc3ccc(F)cc3)N2[C@H]1c1ccc(C)cc1C. The van der Waals surface area contributed by atoms with Crippen LogP contribution in [-0.4, -0.2) is 28.6 Å². The number of nitrogens with zero attached hydrogens (tertiary/aromatic N) is 2. The Bertz CT molecular complexity index is 1300. The summed E-state index contributed by atoms with van der Waals surface area (Å²) in [6.45, 7) is 9.85. The van der Waals surface area contributed by atoms with Gasteiger partial charge < -0.3 is 15.0 Å². The van der Waals surface area contributed by atoms with Gasteiger partial charge in [-0.05, 0) is 55.0 Å². The van der Waals surface area contributed by atoms with Gasteiger partial charge in [-0.2, -0.15) is 0 Å². The fourth-order valence-electron chi connectivity index (χ4n) is 4.30. The maximum atomic E-state index is 13.2. The summed E-state index contributed by atoms with van der Waals surface area (Å²) in [5.41, 5.74) is 5.65. The summed E-state index contributed by atoms with van der Waals surface area (Å²) in [5.74, 6) is -0.968. The molecule has 0 saturated heterocycles. The van der Waals surface area contributed by atoms with Crippen molar-refractivity contribution >= 4 is 28.8 Å². The summed E-state index contributed by atoms with van der Waals surface area (Å²) < 4.78 is 18.6. The van der Waals surface area contributed by atoms with Gasteiger partial charge in [-0.1, -0.05) is 60.3 Å². The van der Waals surface area contributed by atoms with Crippen molar-refractivity contribution in [2.75, 3.05) is 6.61 Å².